The van der Waals surface area contributed by atoms with Gasteiger partial charge in [-0.1, -0.05) is 0 Å². The molecule has 1 aromatic rings. The molecule has 5 nitrogen and oxygen atoms in total. The molecule has 1 aliphatic rings. The van der Waals surface area contributed by atoms with Gasteiger partial charge in [0.2, 0.25) is 0 Å². The largest absolute Gasteiger partial charge is 0.313 e. The summed E-state index contributed by atoms with van der Waals surface area (Å²) in [4.78, 5) is 7.27. The quantitative estimate of drug-likeness (QED) is 0.520. The standard InChI is InChI=1S/C18H26N4O/c1-17(2)12-15(13-18(3,4)22(17)23)11-16(21-19-5)10-14-6-8-20-9-7-14/h6-9,15,23H,10-13H2,1-4H3/b21-16+. The van der Waals surface area contributed by atoms with E-state index in [0.29, 0.717) is 12.3 Å². The van der Waals surface area contributed by atoms with E-state index < -0.39 is 0 Å². The highest BCUT2D eigenvalue weighted by Gasteiger charge is 2.45. The van der Waals surface area contributed by atoms with Crippen LogP contribution in [-0.2, 0) is 6.42 Å². The van der Waals surface area contributed by atoms with Crippen LogP contribution in [0.25, 0.3) is 4.95 Å². The summed E-state index contributed by atoms with van der Waals surface area (Å²) >= 11 is 0. The number of piperidine rings is 1. The lowest BCUT2D eigenvalue weighted by atomic mass is 9.73. The van der Waals surface area contributed by atoms with E-state index in [1.165, 1.54) is 5.06 Å². The molecule has 1 aliphatic heterocycles. The van der Waals surface area contributed by atoms with Crippen molar-refractivity contribution in [3.8, 4) is 0 Å². The molecular weight excluding hydrogens is 288 g/mol. The summed E-state index contributed by atoms with van der Waals surface area (Å²) < 4.78 is 0. The molecule has 0 radical (unpaired) electrons. The van der Waals surface area contributed by atoms with E-state index in [1.54, 1.807) is 12.4 Å². The van der Waals surface area contributed by atoms with E-state index in [2.05, 4.69) is 42.7 Å². The van der Waals surface area contributed by atoms with Crippen molar-refractivity contribution in [2.75, 3.05) is 0 Å². The lowest BCUT2D eigenvalue weighted by Crippen LogP contribution is -2.59. The Balaban J connectivity index is 2.12. The zero-order chi connectivity index (χ0) is 17.1. The summed E-state index contributed by atoms with van der Waals surface area (Å²) in [6.45, 7) is 15.3. The molecule has 0 aromatic carbocycles. The molecule has 1 N–H and O–H groups in total. The van der Waals surface area contributed by atoms with Crippen LogP contribution in [0, 0.1) is 12.5 Å². The maximum absolute atomic E-state index is 10.4. The van der Waals surface area contributed by atoms with Gasteiger partial charge < -0.3 is 5.21 Å². The Labute approximate surface area is 138 Å². The van der Waals surface area contributed by atoms with Gasteiger partial charge in [0, 0.05) is 29.9 Å². The zero-order valence-corrected chi connectivity index (χ0v) is 14.5. The van der Waals surface area contributed by atoms with Crippen LogP contribution in [0.4, 0.5) is 0 Å². The molecule has 0 amide bonds. The van der Waals surface area contributed by atoms with E-state index in [9.17, 15) is 5.21 Å². The Morgan fingerprint density at radius 3 is 2.39 bits per heavy atom. The lowest BCUT2D eigenvalue weighted by molar-refractivity contribution is -0.250. The van der Waals surface area contributed by atoms with Gasteiger partial charge in [-0.05, 0) is 70.6 Å². The SMILES string of the molecule is [C-]#[N+]/N=C(\Cc1ccncc1)CC1CC(C)(C)N(O)C(C)(C)C1. The molecule has 23 heavy (non-hydrogen) atoms. The van der Waals surface area contributed by atoms with Crippen molar-refractivity contribution in [2.24, 2.45) is 11.0 Å². The average molecular weight is 314 g/mol. The molecule has 5 heteroatoms. The molecule has 0 atom stereocenters. The van der Waals surface area contributed by atoms with E-state index in [4.69, 9.17) is 6.57 Å². The zero-order valence-electron chi connectivity index (χ0n) is 14.5. The van der Waals surface area contributed by atoms with Gasteiger partial charge in [-0.3, -0.25) is 4.98 Å². The molecular formula is C18H26N4O. The minimum absolute atomic E-state index is 0.272. The fourth-order valence-corrected chi connectivity index (χ4v) is 3.91. The molecule has 0 saturated carbocycles. The van der Waals surface area contributed by atoms with Gasteiger partial charge in [0.1, 0.15) is 5.71 Å². The van der Waals surface area contributed by atoms with Crippen LogP contribution < -0.4 is 0 Å². The van der Waals surface area contributed by atoms with E-state index in [1.807, 2.05) is 12.1 Å². The fourth-order valence-electron chi connectivity index (χ4n) is 3.91. The number of rotatable bonds is 4. The van der Waals surface area contributed by atoms with Crippen molar-refractivity contribution in [2.45, 2.75) is 64.5 Å². The third kappa shape index (κ3) is 4.37. The normalized spacial score (nSPS) is 21.8. The second-order valence-electron chi connectivity index (χ2n) is 7.71. The monoisotopic (exact) mass is 314 g/mol. The van der Waals surface area contributed by atoms with Gasteiger partial charge in [0.25, 0.3) is 0 Å². The van der Waals surface area contributed by atoms with Crippen LogP contribution in [0.2, 0.25) is 0 Å². The molecule has 0 bridgehead atoms. The average Bonchev–Trinajstić information content (AvgIpc) is 2.45. The maximum Gasteiger partial charge on any atom is 0.105 e. The van der Waals surface area contributed by atoms with E-state index in [0.717, 1.165) is 30.5 Å². The fraction of sp³-hybridized carbons (Fsp3) is 0.611. The van der Waals surface area contributed by atoms with Gasteiger partial charge in [-0.15, -0.1) is 4.95 Å². The Morgan fingerprint density at radius 1 is 1.30 bits per heavy atom. The molecule has 1 aromatic heterocycles. The second kappa shape index (κ2) is 6.77. The first-order valence-electron chi connectivity index (χ1n) is 8.05. The van der Waals surface area contributed by atoms with Crippen molar-refractivity contribution in [3.63, 3.8) is 0 Å². The Bertz CT molecular complexity index is 583. The smallest absolute Gasteiger partial charge is 0.105 e. The number of aromatic nitrogens is 1. The maximum atomic E-state index is 10.4. The molecule has 2 heterocycles. The first-order chi connectivity index (χ1) is 10.7. The van der Waals surface area contributed by atoms with Gasteiger partial charge in [-0.2, -0.15) is 11.6 Å². The predicted octanol–water partition coefficient (Wildman–Crippen LogP) is 3.95. The number of hydrogen-bond donors (Lipinski definition) is 1. The summed E-state index contributed by atoms with van der Waals surface area (Å²) in [5.41, 5.74) is 1.49. The molecule has 0 aliphatic carbocycles. The minimum Gasteiger partial charge on any atom is -0.313 e. The number of pyridine rings is 1. The van der Waals surface area contributed by atoms with E-state index in [-0.39, 0.29) is 11.1 Å². The highest BCUT2D eigenvalue weighted by Crippen LogP contribution is 2.41. The summed E-state index contributed by atoms with van der Waals surface area (Å²) in [5.74, 6) is 0.408. The highest BCUT2D eigenvalue weighted by molar-refractivity contribution is 5.87. The third-order valence-corrected chi connectivity index (χ3v) is 4.60. The molecule has 0 spiro atoms. The topological polar surface area (TPSA) is 53.1 Å². The van der Waals surface area contributed by atoms with E-state index >= 15 is 0 Å². The molecule has 2 rings (SSSR count). The number of hydrogen-bond acceptors (Lipinski definition) is 4. The van der Waals surface area contributed by atoms with Crippen LogP contribution in [0.5, 0.6) is 0 Å². The van der Waals surface area contributed by atoms with Gasteiger partial charge in [0.15, 0.2) is 0 Å². The molecule has 1 saturated heterocycles. The van der Waals surface area contributed by atoms with Crippen LogP contribution in [0.3, 0.4) is 0 Å². The summed E-state index contributed by atoms with van der Waals surface area (Å²) in [6.07, 6.45) is 6.79. The van der Waals surface area contributed by atoms with Crippen molar-refractivity contribution in [3.05, 3.63) is 41.6 Å². The van der Waals surface area contributed by atoms with Crippen LogP contribution in [0.15, 0.2) is 29.6 Å². The Morgan fingerprint density at radius 2 is 1.87 bits per heavy atom. The molecule has 1 fully saturated rings. The Hall–Kier alpha value is -1.77. The lowest BCUT2D eigenvalue weighted by Gasteiger charge is -2.51. The van der Waals surface area contributed by atoms with Crippen LogP contribution >= 0.6 is 0 Å². The number of nitrogens with zero attached hydrogens (tertiary/aromatic N) is 4. The summed E-state index contributed by atoms with van der Waals surface area (Å²) in [6, 6.07) is 3.92. The van der Waals surface area contributed by atoms with Crippen molar-refractivity contribution >= 4 is 5.71 Å². The van der Waals surface area contributed by atoms with Crippen LogP contribution in [-0.4, -0.2) is 32.0 Å². The first kappa shape index (κ1) is 17.6. The summed E-state index contributed by atoms with van der Waals surface area (Å²) in [5, 5.41) is 15.9. The van der Waals surface area contributed by atoms with Crippen LogP contribution in [0.1, 0.15) is 52.5 Å². The predicted molar refractivity (Wildman–Crippen MR) is 91.1 cm³/mol. The first-order valence-corrected chi connectivity index (χ1v) is 8.05. The third-order valence-electron chi connectivity index (χ3n) is 4.60. The van der Waals surface area contributed by atoms with Crippen molar-refractivity contribution < 1.29 is 5.21 Å². The van der Waals surface area contributed by atoms with Crippen molar-refractivity contribution in [1.29, 1.82) is 0 Å². The highest BCUT2D eigenvalue weighted by atomic mass is 16.5. The summed E-state index contributed by atoms with van der Waals surface area (Å²) in [7, 11) is 0. The number of hydroxylamine groups is 2. The van der Waals surface area contributed by atoms with Gasteiger partial charge in [0.05, 0.1) is 5.10 Å². The molecule has 124 valence electrons. The Kier molecular flexibility index (Phi) is 5.18. The minimum atomic E-state index is -0.272. The molecule has 0 unspecified atom stereocenters. The van der Waals surface area contributed by atoms with Gasteiger partial charge in [-0.25, -0.2) is 0 Å². The van der Waals surface area contributed by atoms with Gasteiger partial charge >= 0.3 is 0 Å². The second-order valence-corrected chi connectivity index (χ2v) is 7.71. The van der Waals surface area contributed by atoms with Crippen molar-refractivity contribution in [1.82, 2.24) is 10.0 Å².